The number of ether oxygens (including phenoxy) is 1. The first kappa shape index (κ1) is 12.3. The minimum Gasteiger partial charge on any atom is -0.490 e. The molecule has 102 valence electrons. The van der Waals surface area contributed by atoms with E-state index in [0.29, 0.717) is 16.7 Å². The van der Waals surface area contributed by atoms with Crippen molar-refractivity contribution in [1.82, 2.24) is 0 Å². The standard InChI is InChI=1S/C15H20N2O2/c1-15(3-2-4-15)8-10-5-9-6-11(14(17)18)12(16)7-13(9)19-10/h6-7,10H,2-5,8,16H2,1H3,(H2,17,18). The highest BCUT2D eigenvalue weighted by atomic mass is 16.5. The van der Waals surface area contributed by atoms with Gasteiger partial charge in [0.05, 0.1) is 5.56 Å². The number of rotatable bonds is 3. The van der Waals surface area contributed by atoms with Crippen LogP contribution in [-0.4, -0.2) is 12.0 Å². The monoisotopic (exact) mass is 260 g/mol. The van der Waals surface area contributed by atoms with Crippen LogP contribution in [-0.2, 0) is 6.42 Å². The summed E-state index contributed by atoms with van der Waals surface area (Å²) in [6.45, 7) is 2.33. The first-order valence-corrected chi connectivity index (χ1v) is 6.86. The van der Waals surface area contributed by atoms with Gasteiger partial charge in [0.25, 0.3) is 5.91 Å². The number of amides is 1. The van der Waals surface area contributed by atoms with Crippen molar-refractivity contribution >= 4 is 11.6 Å². The second-order valence-electron chi connectivity index (χ2n) is 6.22. The van der Waals surface area contributed by atoms with Crippen LogP contribution in [0.3, 0.4) is 0 Å². The number of carbonyl (C=O) groups excluding carboxylic acids is 1. The van der Waals surface area contributed by atoms with E-state index in [9.17, 15) is 4.79 Å². The number of nitrogen functional groups attached to an aromatic ring is 1. The van der Waals surface area contributed by atoms with Crippen molar-refractivity contribution in [3.8, 4) is 5.75 Å². The normalized spacial score (nSPS) is 23.3. The first-order valence-electron chi connectivity index (χ1n) is 6.86. The van der Waals surface area contributed by atoms with Crippen LogP contribution in [0.1, 0.15) is 48.5 Å². The molecule has 1 atom stereocenters. The minimum atomic E-state index is -0.477. The maximum Gasteiger partial charge on any atom is 0.250 e. The quantitative estimate of drug-likeness (QED) is 0.818. The Labute approximate surface area is 113 Å². The molecule has 3 rings (SSSR count). The Balaban J connectivity index is 1.78. The zero-order valence-electron chi connectivity index (χ0n) is 11.2. The fraction of sp³-hybridized carbons (Fsp3) is 0.533. The molecule has 1 amide bonds. The lowest BCUT2D eigenvalue weighted by molar-refractivity contribution is 0.0792. The predicted molar refractivity (Wildman–Crippen MR) is 74.1 cm³/mol. The van der Waals surface area contributed by atoms with E-state index in [4.69, 9.17) is 16.2 Å². The zero-order chi connectivity index (χ0) is 13.6. The molecule has 1 heterocycles. The van der Waals surface area contributed by atoms with Gasteiger partial charge in [-0.15, -0.1) is 0 Å². The number of nitrogens with two attached hydrogens (primary N) is 2. The summed E-state index contributed by atoms with van der Waals surface area (Å²) in [5.41, 5.74) is 13.4. The van der Waals surface area contributed by atoms with Gasteiger partial charge in [0.15, 0.2) is 0 Å². The van der Waals surface area contributed by atoms with Gasteiger partial charge in [-0.1, -0.05) is 13.3 Å². The molecule has 1 saturated carbocycles. The van der Waals surface area contributed by atoms with E-state index in [1.807, 2.05) is 0 Å². The van der Waals surface area contributed by atoms with Crippen molar-refractivity contribution in [2.75, 3.05) is 5.73 Å². The third-order valence-electron chi connectivity index (χ3n) is 4.52. The third kappa shape index (κ3) is 2.15. The van der Waals surface area contributed by atoms with Crippen molar-refractivity contribution in [1.29, 1.82) is 0 Å². The van der Waals surface area contributed by atoms with Crippen LogP contribution < -0.4 is 16.2 Å². The fourth-order valence-corrected chi connectivity index (χ4v) is 3.24. The van der Waals surface area contributed by atoms with Crippen LogP contribution in [0.4, 0.5) is 5.69 Å². The molecular formula is C15H20N2O2. The molecular weight excluding hydrogens is 240 g/mol. The molecule has 1 aliphatic carbocycles. The number of hydrogen-bond donors (Lipinski definition) is 2. The summed E-state index contributed by atoms with van der Waals surface area (Å²) in [6.07, 6.45) is 6.05. The highest BCUT2D eigenvalue weighted by Gasteiger charge is 2.37. The molecule has 1 aliphatic heterocycles. The van der Waals surface area contributed by atoms with E-state index in [1.165, 1.54) is 19.3 Å². The summed E-state index contributed by atoms with van der Waals surface area (Å²) in [5.74, 6) is 0.338. The van der Waals surface area contributed by atoms with Gasteiger partial charge in [0.1, 0.15) is 11.9 Å². The van der Waals surface area contributed by atoms with Crippen molar-refractivity contribution in [3.05, 3.63) is 23.3 Å². The molecule has 19 heavy (non-hydrogen) atoms. The second kappa shape index (κ2) is 4.15. The van der Waals surface area contributed by atoms with Crippen molar-refractivity contribution in [2.24, 2.45) is 11.1 Å². The van der Waals surface area contributed by atoms with Gasteiger partial charge >= 0.3 is 0 Å². The minimum absolute atomic E-state index is 0.211. The fourth-order valence-electron chi connectivity index (χ4n) is 3.24. The molecule has 2 aliphatic rings. The van der Waals surface area contributed by atoms with Gasteiger partial charge in [-0.25, -0.2) is 0 Å². The summed E-state index contributed by atoms with van der Waals surface area (Å²) < 4.78 is 5.96. The van der Waals surface area contributed by atoms with Gasteiger partial charge in [0, 0.05) is 18.2 Å². The number of hydrogen-bond acceptors (Lipinski definition) is 3. The van der Waals surface area contributed by atoms with E-state index in [0.717, 1.165) is 24.2 Å². The maximum atomic E-state index is 11.3. The Bertz CT molecular complexity index is 535. The van der Waals surface area contributed by atoms with Gasteiger partial charge in [-0.05, 0) is 36.3 Å². The number of anilines is 1. The van der Waals surface area contributed by atoms with E-state index in [1.54, 1.807) is 12.1 Å². The smallest absolute Gasteiger partial charge is 0.250 e. The molecule has 0 spiro atoms. The Morgan fingerprint density at radius 3 is 2.79 bits per heavy atom. The van der Waals surface area contributed by atoms with E-state index < -0.39 is 5.91 Å². The van der Waals surface area contributed by atoms with Crippen LogP contribution in [0.15, 0.2) is 12.1 Å². The molecule has 0 bridgehead atoms. The molecule has 0 radical (unpaired) electrons. The lowest BCUT2D eigenvalue weighted by Gasteiger charge is -2.40. The molecule has 1 aromatic rings. The predicted octanol–water partition coefficient (Wildman–Crippen LogP) is 2.25. The molecule has 1 aromatic carbocycles. The van der Waals surface area contributed by atoms with Crippen LogP contribution >= 0.6 is 0 Å². The molecule has 4 N–H and O–H groups in total. The van der Waals surface area contributed by atoms with Crippen LogP contribution in [0, 0.1) is 5.41 Å². The van der Waals surface area contributed by atoms with E-state index in [2.05, 4.69) is 6.92 Å². The Hall–Kier alpha value is -1.71. The average Bonchev–Trinajstić information content (AvgIpc) is 2.66. The Kier molecular flexibility index (Phi) is 2.69. The van der Waals surface area contributed by atoms with Crippen molar-refractivity contribution in [3.63, 3.8) is 0 Å². The summed E-state index contributed by atoms with van der Waals surface area (Å²) in [4.78, 5) is 11.3. The largest absolute Gasteiger partial charge is 0.490 e. The maximum absolute atomic E-state index is 11.3. The van der Waals surface area contributed by atoms with E-state index in [-0.39, 0.29) is 6.10 Å². The van der Waals surface area contributed by atoms with Crippen molar-refractivity contribution in [2.45, 2.75) is 45.1 Å². The summed E-state index contributed by atoms with van der Waals surface area (Å²) in [5, 5.41) is 0. The first-order chi connectivity index (χ1) is 8.97. The molecule has 4 nitrogen and oxygen atoms in total. The highest BCUT2D eigenvalue weighted by molar-refractivity contribution is 5.98. The van der Waals surface area contributed by atoms with Crippen LogP contribution in [0.2, 0.25) is 0 Å². The molecule has 4 heteroatoms. The molecule has 1 fully saturated rings. The lowest BCUT2D eigenvalue weighted by atomic mass is 9.67. The van der Waals surface area contributed by atoms with Gasteiger partial charge in [0.2, 0.25) is 0 Å². The average molecular weight is 260 g/mol. The molecule has 1 unspecified atom stereocenters. The zero-order valence-corrected chi connectivity index (χ0v) is 11.2. The number of fused-ring (bicyclic) bond motifs is 1. The van der Waals surface area contributed by atoms with Crippen molar-refractivity contribution < 1.29 is 9.53 Å². The summed E-state index contributed by atoms with van der Waals surface area (Å²) >= 11 is 0. The second-order valence-corrected chi connectivity index (χ2v) is 6.22. The third-order valence-corrected chi connectivity index (χ3v) is 4.52. The Morgan fingerprint density at radius 1 is 1.47 bits per heavy atom. The SMILES string of the molecule is CC1(CC2Cc3cc(C(N)=O)c(N)cc3O2)CCC1. The number of carbonyl (C=O) groups is 1. The molecule has 0 saturated heterocycles. The number of benzene rings is 1. The van der Waals surface area contributed by atoms with Gasteiger partial charge in [-0.2, -0.15) is 0 Å². The lowest BCUT2D eigenvalue weighted by Crippen LogP contribution is -2.32. The van der Waals surface area contributed by atoms with Gasteiger partial charge < -0.3 is 16.2 Å². The van der Waals surface area contributed by atoms with E-state index >= 15 is 0 Å². The highest BCUT2D eigenvalue weighted by Crippen LogP contribution is 2.46. The summed E-state index contributed by atoms with van der Waals surface area (Å²) in [7, 11) is 0. The summed E-state index contributed by atoms with van der Waals surface area (Å²) in [6, 6.07) is 3.52. The van der Waals surface area contributed by atoms with Gasteiger partial charge in [-0.3, -0.25) is 4.79 Å². The Morgan fingerprint density at radius 2 is 2.21 bits per heavy atom. The number of primary amides is 1. The van der Waals surface area contributed by atoms with Crippen LogP contribution in [0.25, 0.3) is 0 Å². The van der Waals surface area contributed by atoms with Crippen LogP contribution in [0.5, 0.6) is 5.75 Å². The topological polar surface area (TPSA) is 78.3 Å². The molecule has 0 aromatic heterocycles.